The van der Waals surface area contributed by atoms with Crippen molar-refractivity contribution in [2.45, 2.75) is 24.9 Å². The van der Waals surface area contributed by atoms with E-state index in [1.165, 1.54) is 12.1 Å². The Kier molecular flexibility index (Phi) is 4.83. The van der Waals surface area contributed by atoms with Crippen molar-refractivity contribution in [1.82, 2.24) is 4.57 Å². The standard InChI is InChI=1S/C13H15Cl2N3O2S/c1-2-18-8-11(6-10(18)7-16)21(19,20)17-13-4-3-9(14)5-12(13)15/h3-6,8,17H,2,7,16H2,1H3. The van der Waals surface area contributed by atoms with Gasteiger partial charge in [0, 0.05) is 30.0 Å². The predicted molar refractivity (Wildman–Crippen MR) is 85.3 cm³/mol. The van der Waals surface area contributed by atoms with Crippen molar-refractivity contribution in [2.24, 2.45) is 5.73 Å². The number of halogens is 2. The summed E-state index contributed by atoms with van der Waals surface area (Å²) in [5, 5.41) is 0.672. The van der Waals surface area contributed by atoms with E-state index in [1.807, 2.05) is 6.92 Å². The van der Waals surface area contributed by atoms with E-state index in [9.17, 15) is 8.42 Å². The van der Waals surface area contributed by atoms with Crippen LogP contribution in [0.2, 0.25) is 10.0 Å². The SMILES string of the molecule is CCn1cc(S(=O)(=O)Nc2ccc(Cl)cc2Cl)cc1CN. The first-order valence-electron chi connectivity index (χ1n) is 6.24. The lowest BCUT2D eigenvalue weighted by atomic mass is 10.3. The van der Waals surface area contributed by atoms with Crippen molar-refractivity contribution in [3.63, 3.8) is 0 Å². The maximum atomic E-state index is 12.4. The number of aromatic nitrogens is 1. The largest absolute Gasteiger partial charge is 0.349 e. The van der Waals surface area contributed by atoms with E-state index in [2.05, 4.69) is 4.72 Å². The number of hydrogen-bond acceptors (Lipinski definition) is 3. The van der Waals surface area contributed by atoms with E-state index in [-0.39, 0.29) is 22.2 Å². The molecule has 0 aliphatic rings. The molecule has 1 aromatic carbocycles. The van der Waals surface area contributed by atoms with Crippen LogP contribution in [0.25, 0.3) is 0 Å². The third-order valence-electron chi connectivity index (χ3n) is 3.00. The van der Waals surface area contributed by atoms with Crippen molar-refractivity contribution in [2.75, 3.05) is 4.72 Å². The number of hydrogen-bond donors (Lipinski definition) is 2. The molecule has 0 bridgehead atoms. The summed E-state index contributed by atoms with van der Waals surface area (Å²) >= 11 is 11.8. The Bertz CT molecular complexity index is 735. The number of nitrogens with two attached hydrogens (primary N) is 1. The van der Waals surface area contributed by atoms with Gasteiger partial charge in [0.25, 0.3) is 10.0 Å². The molecule has 5 nitrogen and oxygen atoms in total. The molecule has 2 rings (SSSR count). The lowest BCUT2D eigenvalue weighted by Gasteiger charge is -2.08. The van der Waals surface area contributed by atoms with Crippen LogP contribution in [0.15, 0.2) is 35.4 Å². The van der Waals surface area contributed by atoms with Gasteiger partial charge in [-0.2, -0.15) is 0 Å². The summed E-state index contributed by atoms with van der Waals surface area (Å²) in [5.41, 5.74) is 6.63. The Morgan fingerprint density at radius 1 is 1.29 bits per heavy atom. The third kappa shape index (κ3) is 3.52. The van der Waals surface area contributed by atoms with Gasteiger partial charge in [0.1, 0.15) is 4.90 Å². The monoisotopic (exact) mass is 347 g/mol. The second-order valence-corrected chi connectivity index (χ2v) is 6.91. The molecular formula is C13H15Cl2N3O2S. The highest BCUT2D eigenvalue weighted by Crippen LogP contribution is 2.28. The molecule has 1 heterocycles. The molecule has 0 aliphatic carbocycles. The Balaban J connectivity index is 2.36. The Labute approximate surface area is 133 Å². The molecule has 114 valence electrons. The smallest absolute Gasteiger partial charge is 0.263 e. The zero-order valence-electron chi connectivity index (χ0n) is 11.3. The second kappa shape index (κ2) is 6.27. The van der Waals surface area contributed by atoms with Gasteiger partial charge >= 0.3 is 0 Å². The summed E-state index contributed by atoms with van der Waals surface area (Å²) in [6.45, 7) is 2.83. The minimum atomic E-state index is -3.72. The van der Waals surface area contributed by atoms with E-state index in [0.717, 1.165) is 5.69 Å². The van der Waals surface area contributed by atoms with E-state index in [0.29, 0.717) is 11.6 Å². The van der Waals surface area contributed by atoms with Gasteiger partial charge in [0.2, 0.25) is 0 Å². The molecule has 8 heteroatoms. The van der Waals surface area contributed by atoms with Crippen LogP contribution >= 0.6 is 23.2 Å². The van der Waals surface area contributed by atoms with Gasteiger partial charge in [-0.1, -0.05) is 23.2 Å². The molecule has 3 N–H and O–H groups in total. The summed E-state index contributed by atoms with van der Waals surface area (Å²) < 4.78 is 29.0. The zero-order valence-corrected chi connectivity index (χ0v) is 13.6. The molecule has 0 fully saturated rings. The zero-order chi connectivity index (χ0) is 15.6. The summed E-state index contributed by atoms with van der Waals surface area (Å²) in [4.78, 5) is 0.149. The lowest BCUT2D eigenvalue weighted by Crippen LogP contribution is -2.12. The van der Waals surface area contributed by atoms with E-state index in [1.54, 1.807) is 22.9 Å². The molecule has 21 heavy (non-hydrogen) atoms. The number of nitrogens with one attached hydrogen (secondary N) is 1. The van der Waals surface area contributed by atoms with Crippen LogP contribution in [0.4, 0.5) is 5.69 Å². The van der Waals surface area contributed by atoms with Crippen LogP contribution in [-0.2, 0) is 23.1 Å². The minimum Gasteiger partial charge on any atom is -0.349 e. The molecule has 0 radical (unpaired) electrons. The number of aryl methyl sites for hydroxylation is 1. The van der Waals surface area contributed by atoms with Crippen molar-refractivity contribution in [3.05, 3.63) is 46.2 Å². The molecule has 0 saturated carbocycles. The first-order valence-corrected chi connectivity index (χ1v) is 8.48. The van der Waals surface area contributed by atoms with Gasteiger partial charge in [0.15, 0.2) is 0 Å². The van der Waals surface area contributed by atoms with Crippen LogP contribution < -0.4 is 10.5 Å². The number of sulfonamides is 1. The van der Waals surface area contributed by atoms with Gasteiger partial charge in [-0.25, -0.2) is 8.42 Å². The van der Waals surface area contributed by atoms with E-state index < -0.39 is 10.0 Å². The minimum absolute atomic E-state index is 0.149. The van der Waals surface area contributed by atoms with Gasteiger partial charge in [-0.15, -0.1) is 0 Å². The van der Waals surface area contributed by atoms with Crippen molar-refractivity contribution in [1.29, 1.82) is 0 Å². The van der Waals surface area contributed by atoms with Gasteiger partial charge in [-0.05, 0) is 31.2 Å². The van der Waals surface area contributed by atoms with Crippen molar-refractivity contribution < 1.29 is 8.42 Å². The van der Waals surface area contributed by atoms with Gasteiger partial charge in [0.05, 0.1) is 10.7 Å². The molecule has 1 aromatic heterocycles. The predicted octanol–water partition coefficient (Wildman–Crippen LogP) is 3.07. The fourth-order valence-electron chi connectivity index (χ4n) is 1.91. The Hall–Kier alpha value is -1.21. The Morgan fingerprint density at radius 2 is 2.00 bits per heavy atom. The van der Waals surface area contributed by atoms with Crippen molar-refractivity contribution >= 4 is 38.9 Å². The highest BCUT2D eigenvalue weighted by Gasteiger charge is 2.19. The number of nitrogens with zero attached hydrogens (tertiary/aromatic N) is 1. The highest BCUT2D eigenvalue weighted by molar-refractivity contribution is 7.92. The number of rotatable bonds is 5. The van der Waals surface area contributed by atoms with Gasteiger partial charge < -0.3 is 10.3 Å². The molecule has 0 aliphatic heterocycles. The van der Waals surface area contributed by atoms with Crippen LogP contribution in [0, 0.1) is 0 Å². The summed E-state index contributed by atoms with van der Waals surface area (Å²) in [6.07, 6.45) is 1.55. The average molecular weight is 348 g/mol. The summed E-state index contributed by atoms with van der Waals surface area (Å²) in [7, 11) is -3.72. The molecule has 2 aromatic rings. The normalized spacial score (nSPS) is 11.6. The second-order valence-electron chi connectivity index (χ2n) is 4.39. The number of benzene rings is 1. The van der Waals surface area contributed by atoms with Gasteiger partial charge in [-0.3, -0.25) is 4.72 Å². The number of anilines is 1. The summed E-state index contributed by atoms with van der Waals surface area (Å²) in [5.74, 6) is 0. The molecule has 0 atom stereocenters. The van der Waals surface area contributed by atoms with Crippen LogP contribution in [0.3, 0.4) is 0 Å². The van der Waals surface area contributed by atoms with Crippen LogP contribution in [0.5, 0.6) is 0 Å². The van der Waals surface area contributed by atoms with Crippen LogP contribution in [0.1, 0.15) is 12.6 Å². The highest BCUT2D eigenvalue weighted by atomic mass is 35.5. The fraction of sp³-hybridized carbons (Fsp3) is 0.231. The first-order chi connectivity index (χ1) is 9.87. The average Bonchev–Trinajstić information content (AvgIpc) is 2.86. The fourth-order valence-corrected chi connectivity index (χ4v) is 3.57. The molecule has 0 unspecified atom stereocenters. The topological polar surface area (TPSA) is 77.1 Å². The summed E-state index contributed by atoms with van der Waals surface area (Å²) in [6, 6.07) is 6.11. The van der Waals surface area contributed by atoms with Crippen molar-refractivity contribution in [3.8, 4) is 0 Å². The lowest BCUT2D eigenvalue weighted by molar-refractivity contribution is 0.600. The van der Waals surface area contributed by atoms with E-state index in [4.69, 9.17) is 28.9 Å². The van der Waals surface area contributed by atoms with E-state index >= 15 is 0 Å². The quantitative estimate of drug-likeness (QED) is 0.872. The molecule has 0 spiro atoms. The molecular weight excluding hydrogens is 333 g/mol. The first kappa shape index (κ1) is 16.2. The maximum Gasteiger partial charge on any atom is 0.263 e. The third-order valence-corrected chi connectivity index (χ3v) is 4.88. The molecule has 0 amide bonds. The van der Waals surface area contributed by atoms with Crippen LogP contribution in [-0.4, -0.2) is 13.0 Å². The Morgan fingerprint density at radius 3 is 2.52 bits per heavy atom. The molecule has 0 saturated heterocycles. The maximum absolute atomic E-state index is 12.4.